The highest BCUT2D eigenvalue weighted by atomic mass is 35.5. The van der Waals surface area contributed by atoms with Gasteiger partial charge in [-0.1, -0.05) is 17.7 Å². The third-order valence-electron chi connectivity index (χ3n) is 4.31. The van der Waals surface area contributed by atoms with Gasteiger partial charge in [-0.05, 0) is 37.6 Å². The Morgan fingerprint density at radius 1 is 1.27 bits per heavy atom. The lowest BCUT2D eigenvalue weighted by atomic mass is 10.1. The molecular formula is C15H18Cl2N2O3. The SMILES string of the molecule is Cl.O=C(O)C1CCN(C2CCN(c3cccc(Cl)c3)C2=O)C1. The van der Waals surface area contributed by atoms with Crippen molar-refractivity contribution in [1.29, 1.82) is 0 Å². The maximum Gasteiger partial charge on any atom is 0.307 e. The molecule has 22 heavy (non-hydrogen) atoms. The van der Waals surface area contributed by atoms with Crippen molar-refractivity contribution in [2.45, 2.75) is 18.9 Å². The van der Waals surface area contributed by atoms with E-state index in [4.69, 9.17) is 16.7 Å². The van der Waals surface area contributed by atoms with Crippen LogP contribution in [0.2, 0.25) is 5.02 Å². The van der Waals surface area contributed by atoms with Crippen LogP contribution in [0, 0.1) is 5.92 Å². The summed E-state index contributed by atoms with van der Waals surface area (Å²) in [5, 5.41) is 9.67. The second-order valence-electron chi connectivity index (χ2n) is 5.59. The van der Waals surface area contributed by atoms with Gasteiger partial charge in [0.15, 0.2) is 0 Å². The molecule has 0 bridgehead atoms. The van der Waals surface area contributed by atoms with E-state index in [0.717, 1.165) is 12.1 Å². The number of anilines is 1. The molecule has 2 aliphatic heterocycles. The summed E-state index contributed by atoms with van der Waals surface area (Å²) in [7, 11) is 0. The molecule has 2 heterocycles. The summed E-state index contributed by atoms with van der Waals surface area (Å²) in [5.41, 5.74) is 0.809. The number of nitrogens with zero attached hydrogens (tertiary/aromatic N) is 2. The minimum atomic E-state index is -0.769. The molecule has 2 fully saturated rings. The van der Waals surface area contributed by atoms with E-state index in [1.54, 1.807) is 17.0 Å². The van der Waals surface area contributed by atoms with Crippen LogP contribution in [0.25, 0.3) is 0 Å². The minimum Gasteiger partial charge on any atom is -0.481 e. The fourth-order valence-electron chi connectivity index (χ4n) is 3.18. The zero-order valence-corrected chi connectivity index (χ0v) is 13.5. The molecule has 120 valence electrons. The number of likely N-dealkylation sites (tertiary alicyclic amines) is 1. The molecule has 0 saturated carbocycles. The molecular weight excluding hydrogens is 327 g/mol. The molecule has 1 aromatic carbocycles. The third-order valence-corrected chi connectivity index (χ3v) is 4.54. The summed E-state index contributed by atoms with van der Waals surface area (Å²) in [6, 6.07) is 7.06. The molecule has 0 radical (unpaired) electrons. The topological polar surface area (TPSA) is 60.9 Å². The van der Waals surface area contributed by atoms with Gasteiger partial charge in [-0.15, -0.1) is 12.4 Å². The van der Waals surface area contributed by atoms with Crippen molar-refractivity contribution in [2.75, 3.05) is 24.5 Å². The molecule has 0 spiro atoms. The molecule has 1 N–H and O–H groups in total. The lowest BCUT2D eigenvalue weighted by molar-refractivity contribution is -0.141. The van der Waals surface area contributed by atoms with Gasteiger partial charge in [0, 0.05) is 23.8 Å². The van der Waals surface area contributed by atoms with Crippen molar-refractivity contribution in [3.63, 3.8) is 0 Å². The number of halogens is 2. The van der Waals surface area contributed by atoms with E-state index in [0.29, 0.717) is 31.1 Å². The summed E-state index contributed by atoms with van der Waals surface area (Å²) < 4.78 is 0. The highest BCUT2D eigenvalue weighted by molar-refractivity contribution is 6.31. The van der Waals surface area contributed by atoms with Gasteiger partial charge in [-0.25, -0.2) is 0 Å². The van der Waals surface area contributed by atoms with Crippen LogP contribution in [-0.2, 0) is 9.59 Å². The minimum absolute atomic E-state index is 0. The third kappa shape index (κ3) is 3.21. The van der Waals surface area contributed by atoms with E-state index in [2.05, 4.69) is 0 Å². The second-order valence-corrected chi connectivity index (χ2v) is 6.03. The van der Waals surface area contributed by atoms with Crippen molar-refractivity contribution in [1.82, 2.24) is 4.90 Å². The Hall–Kier alpha value is -1.30. The largest absolute Gasteiger partial charge is 0.481 e. The fraction of sp³-hybridized carbons (Fsp3) is 0.467. The van der Waals surface area contributed by atoms with E-state index < -0.39 is 5.97 Å². The van der Waals surface area contributed by atoms with Gasteiger partial charge in [0.25, 0.3) is 0 Å². The predicted molar refractivity (Wildman–Crippen MR) is 86.8 cm³/mol. The van der Waals surface area contributed by atoms with Crippen LogP contribution in [0.1, 0.15) is 12.8 Å². The van der Waals surface area contributed by atoms with Gasteiger partial charge in [0.1, 0.15) is 0 Å². The van der Waals surface area contributed by atoms with E-state index in [1.165, 1.54) is 0 Å². The number of carboxylic acids is 1. The van der Waals surface area contributed by atoms with Crippen LogP contribution in [0.15, 0.2) is 24.3 Å². The molecule has 2 atom stereocenters. The number of rotatable bonds is 3. The maximum atomic E-state index is 12.6. The van der Waals surface area contributed by atoms with Crippen molar-refractivity contribution >= 4 is 41.6 Å². The number of hydrogen-bond donors (Lipinski definition) is 1. The Labute approximate surface area is 140 Å². The molecule has 1 aromatic rings. The number of carbonyl (C=O) groups is 2. The van der Waals surface area contributed by atoms with Crippen molar-refractivity contribution in [3.8, 4) is 0 Å². The smallest absolute Gasteiger partial charge is 0.307 e. The van der Waals surface area contributed by atoms with Crippen molar-refractivity contribution in [3.05, 3.63) is 29.3 Å². The first kappa shape index (κ1) is 17.1. The van der Waals surface area contributed by atoms with Gasteiger partial charge < -0.3 is 10.0 Å². The highest BCUT2D eigenvalue weighted by Gasteiger charge is 2.40. The predicted octanol–water partition coefficient (Wildman–Crippen LogP) is 2.27. The first-order valence-corrected chi connectivity index (χ1v) is 7.48. The normalized spacial score (nSPS) is 25.3. The standard InChI is InChI=1S/C15H17ClN2O3.ClH/c16-11-2-1-3-12(8-11)18-7-5-13(14(18)19)17-6-4-10(9-17)15(20)21;/h1-3,8,10,13H,4-7,9H2,(H,20,21);1H. The van der Waals surface area contributed by atoms with E-state index in [9.17, 15) is 9.59 Å². The van der Waals surface area contributed by atoms with Gasteiger partial charge in [0.2, 0.25) is 5.91 Å². The summed E-state index contributed by atoms with van der Waals surface area (Å²) in [6.07, 6.45) is 1.36. The molecule has 1 amide bonds. The van der Waals surface area contributed by atoms with Crippen molar-refractivity contribution in [2.24, 2.45) is 5.92 Å². The molecule has 2 saturated heterocycles. The Bertz CT molecular complexity index is 582. The van der Waals surface area contributed by atoms with Crippen molar-refractivity contribution < 1.29 is 14.7 Å². The summed E-state index contributed by atoms with van der Waals surface area (Å²) in [6.45, 7) is 1.80. The van der Waals surface area contributed by atoms with Crippen LogP contribution in [0.4, 0.5) is 5.69 Å². The maximum absolute atomic E-state index is 12.6. The Kier molecular flexibility index (Phi) is 5.32. The second kappa shape index (κ2) is 6.86. The average Bonchev–Trinajstić information content (AvgIpc) is 3.05. The number of amides is 1. The Morgan fingerprint density at radius 3 is 2.68 bits per heavy atom. The van der Waals surface area contributed by atoms with Crippen LogP contribution in [0.5, 0.6) is 0 Å². The molecule has 5 nitrogen and oxygen atoms in total. The quantitative estimate of drug-likeness (QED) is 0.913. The number of benzene rings is 1. The number of hydrogen-bond acceptors (Lipinski definition) is 3. The number of carbonyl (C=O) groups excluding carboxylic acids is 1. The highest BCUT2D eigenvalue weighted by Crippen LogP contribution is 2.29. The molecule has 2 unspecified atom stereocenters. The zero-order chi connectivity index (χ0) is 15.0. The van der Waals surface area contributed by atoms with E-state index in [1.807, 2.05) is 17.0 Å². The van der Waals surface area contributed by atoms with E-state index >= 15 is 0 Å². The molecule has 0 aliphatic carbocycles. The molecule has 7 heteroatoms. The molecule has 2 aliphatic rings. The number of carboxylic acid groups (broad SMARTS) is 1. The summed E-state index contributed by atoms with van der Waals surface area (Å²) >= 11 is 5.97. The molecule has 3 rings (SSSR count). The summed E-state index contributed by atoms with van der Waals surface area (Å²) in [4.78, 5) is 27.4. The van der Waals surface area contributed by atoms with Gasteiger partial charge >= 0.3 is 5.97 Å². The summed E-state index contributed by atoms with van der Waals surface area (Å²) in [5.74, 6) is -1.07. The Balaban J connectivity index is 0.00000176. The zero-order valence-electron chi connectivity index (χ0n) is 11.9. The number of aliphatic carboxylic acids is 1. The monoisotopic (exact) mass is 344 g/mol. The van der Waals surface area contributed by atoms with Gasteiger partial charge in [-0.2, -0.15) is 0 Å². The first-order valence-electron chi connectivity index (χ1n) is 7.10. The van der Waals surface area contributed by atoms with Gasteiger partial charge in [0.05, 0.1) is 12.0 Å². The van der Waals surface area contributed by atoms with Crippen LogP contribution in [0.3, 0.4) is 0 Å². The van der Waals surface area contributed by atoms with Crippen LogP contribution in [-0.4, -0.2) is 47.6 Å². The van der Waals surface area contributed by atoms with Gasteiger partial charge in [-0.3, -0.25) is 14.5 Å². The fourth-order valence-corrected chi connectivity index (χ4v) is 3.36. The first-order chi connectivity index (χ1) is 10.1. The molecule has 0 aromatic heterocycles. The van der Waals surface area contributed by atoms with E-state index in [-0.39, 0.29) is 30.3 Å². The average molecular weight is 345 g/mol. The van der Waals surface area contributed by atoms with Crippen LogP contribution >= 0.6 is 24.0 Å². The lowest BCUT2D eigenvalue weighted by Gasteiger charge is -2.23. The lowest BCUT2D eigenvalue weighted by Crippen LogP contribution is -2.41. The van der Waals surface area contributed by atoms with Crippen LogP contribution < -0.4 is 4.90 Å². The Morgan fingerprint density at radius 2 is 2.05 bits per heavy atom.